The molecule has 0 N–H and O–H groups in total. The maximum atomic E-state index is 12.6. The Bertz CT molecular complexity index is 842. The van der Waals surface area contributed by atoms with E-state index in [0.29, 0.717) is 18.6 Å². The number of methoxy groups -OCH3 is 1. The molecule has 0 aromatic heterocycles. The monoisotopic (exact) mass is 424 g/mol. The van der Waals surface area contributed by atoms with Crippen LogP contribution >= 0.6 is 0 Å². The molecule has 5 nitrogen and oxygen atoms in total. The second-order valence-corrected chi connectivity index (χ2v) is 8.25. The number of benzene rings is 2. The average Bonchev–Trinajstić information content (AvgIpc) is 2.80. The predicted octanol–water partition coefficient (Wildman–Crippen LogP) is 5.24. The lowest BCUT2D eigenvalue weighted by molar-refractivity contribution is -0.117. The van der Waals surface area contributed by atoms with Crippen molar-refractivity contribution >= 4 is 12.3 Å². The summed E-state index contributed by atoms with van der Waals surface area (Å²) in [7, 11) is 1.62. The van der Waals surface area contributed by atoms with Crippen molar-refractivity contribution < 1.29 is 23.8 Å². The molecule has 0 aliphatic rings. The number of carbonyl (C=O) groups is 2. The van der Waals surface area contributed by atoms with Gasteiger partial charge in [-0.3, -0.25) is 0 Å². The molecule has 0 fully saturated rings. The highest BCUT2D eigenvalue weighted by atomic mass is 16.5. The SMILES string of the molecule is C=C[C@@H](OC(=O)c1ccccc1)C(C)(C)[C@@H](C[C@H](C)C=O)OCc1ccc(OC)cc1. The van der Waals surface area contributed by atoms with Crippen molar-refractivity contribution in [1.82, 2.24) is 0 Å². The Labute approximate surface area is 185 Å². The predicted molar refractivity (Wildman–Crippen MR) is 121 cm³/mol. The molecule has 2 aromatic carbocycles. The fourth-order valence-electron chi connectivity index (χ4n) is 3.34. The van der Waals surface area contributed by atoms with Gasteiger partial charge in [-0.15, -0.1) is 0 Å². The minimum Gasteiger partial charge on any atom is -0.497 e. The molecule has 0 spiro atoms. The summed E-state index contributed by atoms with van der Waals surface area (Å²) >= 11 is 0. The quantitative estimate of drug-likeness (QED) is 0.265. The molecular weight excluding hydrogens is 392 g/mol. The fraction of sp³-hybridized carbons (Fsp3) is 0.385. The van der Waals surface area contributed by atoms with Gasteiger partial charge in [0.1, 0.15) is 18.1 Å². The Morgan fingerprint density at radius 2 is 1.74 bits per heavy atom. The summed E-state index contributed by atoms with van der Waals surface area (Å²) in [4.78, 5) is 24.0. The minimum absolute atomic E-state index is 0.199. The molecule has 31 heavy (non-hydrogen) atoms. The van der Waals surface area contributed by atoms with Crippen LogP contribution in [0.3, 0.4) is 0 Å². The number of hydrogen-bond acceptors (Lipinski definition) is 5. The van der Waals surface area contributed by atoms with E-state index in [1.165, 1.54) is 0 Å². The molecule has 2 aromatic rings. The molecule has 3 atom stereocenters. The maximum Gasteiger partial charge on any atom is 0.338 e. The molecule has 0 saturated heterocycles. The molecule has 0 heterocycles. The molecule has 0 saturated carbocycles. The van der Waals surface area contributed by atoms with Crippen molar-refractivity contribution in [2.45, 2.75) is 46.0 Å². The van der Waals surface area contributed by atoms with E-state index in [1.54, 1.807) is 37.5 Å². The van der Waals surface area contributed by atoms with Gasteiger partial charge in [0.15, 0.2) is 0 Å². The molecule has 0 bridgehead atoms. The van der Waals surface area contributed by atoms with Crippen LogP contribution in [0.2, 0.25) is 0 Å². The molecule has 2 rings (SSSR count). The van der Waals surface area contributed by atoms with Gasteiger partial charge in [0, 0.05) is 11.3 Å². The van der Waals surface area contributed by atoms with Gasteiger partial charge < -0.3 is 19.0 Å². The summed E-state index contributed by atoms with van der Waals surface area (Å²) in [5.74, 6) is 0.154. The van der Waals surface area contributed by atoms with Crippen molar-refractivity contribution in [3.05, 3.63) is 78.4 Å². The summed E-state index contributed by atoms with van der Waals surface area (Å²) in [5, 5.41) is 0. The third-order valence-electron chi connectivity index (χ3n) is 5.45. The molecular formula is C26H32O5. The van der Waals surface area contributed by atoms with Gasteiger partial charge in [-0.1, -0.05) is 63.8 Å². The zero-order valence-corrected chi connectivity index (χ0v) is 18.7. The van der Waals surface area contributed by atoms with Crippen LogP contribution in [0.4, 0.5) is 0 Å². The van der Waals surface area contributed by atoms with Crippen LogP contribution < -0.4 is 4.74 Å². The van der Waals surface area contributed by atoms with Crippen LogP contribution in [-0.2, 0) is 20.9 Å². The Morgan fingerprint density at radius 1 is 1.10 bits per heavy atom. The first-order valence-electron chi connectivity index (χ1n) is 10.4. The maximum absolute atomic E-state index is 12.6. The third-order valence-corrected chi connectivity index (χ3v) is 5.45. The van der Waals surface area contributed by atoms with Gasteiger partial charge in [-0.25, -0.2) is 4.79 Å². The molecule has 0 radical (unpaired) electrons. The Balaban J connectivity index is 2.18. The standard InChI is InChI=1S/C26H32O5/c1-6-23(31-25(28)21-10-8-7-9-11-21)26(3,4)24(16-19(2)17-27)30-18-20-12-14-22(29-5)15-13-20/h6-15,17,19,23-24H,1,16,18H2,2-5H3/t19-,23+,24+/m0/s1. The van der Waals surface area contributed by atoms with E-state index in [0.717, 1.165) is 17.6 Å². The molecule has 5 heteroatoms. The van der Waals surface area contributed by atoms with E-state index in [1.807, 2.05) is 51.1 Å². The van der Waals surface area contributed by atoms with Crippen molar-refractivity contribution in [1.29, 1.82) is 0 Å². The van der Waals surface area contributed by atoms with Crippen LogP contribution in [0.1, 0.15) is 43.1 Å². The van der Waals surface area contributed by atoms with Gasteiger partial charge in [-0.05, 0) is 36.2 Å². The first-order valence-corrected chi connectivity index (χ1v) is 10.4. The largest absolute Gasteiger partial charge is 0.497 e. The lowest BCUT2D eigenvalue weighted by Gasteiger charge is -2.39. The summed E-state index contributed by atoms with van der Waals surface area (Å²) in [5.41, 5.74) is 0.842. The second kappa shape index (κ2) is 11.5. The van der Waals surface area contributed by atoms with Gasteiger partial charge in [0.2, 0.25) is 0 Å². The average molecular weight is 425 g/mol. The van der Waals surface area contributed by atoms with Crippen molar-refractivity contribution in [3.63, 3.8) is 0 Å². The summed E-state index contributed by atoms with van der Waals surface area (Å²) in [6, 6.07) is 16.5. The Morgan fingerprint density at radius 3 is 2.29 bits per heavy atom. The first-order chi connectivity index (χ1) is 14.8. The molecule has 0 amide bonds. The van der Waals surface area contributed by atoms with Crippen molar-refractivity contribution in [3.8, 4) is 5.75 Å². The topological polar surface area (TPSA) is 61.8 Å². The Hall–Kier alpha value is -2.92. The number of carbonyl (C=O) groups excluding carboxylic acids is 2. The fourth-order valence-corrected chi connectivity index (χ4v) is 3.34. The van der Waals surface area contributed by atoms with Crippen LogP contribution in [0.15, 0.2) is 67.3 Å². The lowest BCUT2D eigenvalue weighted by atomic mass is 9.77. The highest BCUT2D eigenvalue weighted by molar-refractivity contribution is 5.89. The molecule has 0 aliphatic carbocycles. The summed E-state index contributed by atoms with van der Waals surface area (Å²) in [6.07, 6.45) is 2.09. The first kappa shape index (κ1) is 24.4. The van der Waals surface area contributed by atoms with E-state index in [-0.39, 0.29) is 12.0 Å². The number of hydrogen-bond donors (Lipinski definition) is 0. The zero-order chi connectivity index (χ0) is 22.9. The van der Waals surface area contributed by atoms with Crippen LogP contribution in [0.25, 0.3) is 0 Å². The lowest BCUT2D eigenvalue weighted by Crippen LogP contribution is -2.44. The van der Waals surface area contributed by atoms with Gasteiger partial charge >= 0.3 is 5.97 Å². The highest BCUT2D eigenvalue weighted by Crippen LogP contribution is 2.35. The molecule has 0 unspecified atom stereocenters. The van der Waals surface area contributed by atoms with Crippen molar-refractivity contribution in [2.24, 2.45) is 11.3 Å². The van der Waals surface area contributed by atoms with E-state index < -0.39 is 17.5 Å². The van der Waals surface area contributed by atoms with E-state index in [2.05, 4.69) is 6.58 Å². The number of rotatable bonds is 12. The normalized spacial score (nSPS) is 14.2. The zero-order valence-electron chi connectivity index (χ0n) is 18.7. The second-order valence-electron chi connectivity index (χ2n) is 8.25. The third kappa shape index (κ3) is 6.79. The van der Waals surface area contributed by atoms with E-state index >= 15 is 0 Å². The van der Waals surface area contributed by atoms with Gasteiger partial charge in [-0.2, -0.15) is 0 Å². The number of ether oxygens (including phenoxy) is 3. The number of aldehydes is 1. The Kier molecular flexibility index (Phi) is 9.01. The van der Waals surface area contributed by atoms with Crippen LogP contribution in [-0.4, -0.2) is 31.6 Å². The van der Waals surface area contributed by atoms with E-state index in [9.17, 15) is 9.59 Å². The van der Waals surface area contributed by atoms with E-state index in [4.69, 9.17) is 14.2 Å². The highest BCUT2D eigenvalue weighted by Gasteiger charge is 2.40. The summed E-state index contributed by atoms with van der Waals surface area (Å²) in [6.45, 7) is 10.0. The van der Waals surface area contributed by atoms with Gasteiger partial charge in [0.05, 0.1) is 25.4 Å². The minimum atomic E-state index is -0.615. The molecule has 0 aliphatic heterocycles. The van der Waals surface area contributed by atoms with Crippen LogP contribution in [0.5, 0.6) is 5.75 Å². The smallest absolute Gasteiger partial charge is 0.338 e. The van der Waals surface area contributed by atoms with Crippen LogP contribution in [0, 0.1) is 11.3 Å². The number of esters is 1. The molecule has 166 valence electrons. The van der Waals surface area contributed by atoms with Crippen molar-refractivity contribution in [2.75, 3.05) is 7.11 Å². The van der Waals surface area contributed by atoms with Gasteiger partial charge in [0.25, 0.3) is 0 Å². The summed E-state index contributed by atoms with van der Waals surface area (Å²) < 4.78 is 17.3.